The van der Waals surface area contributed by atoms with Crippen LogP contribution in [0.5, 0.6) is 0 Å². The summed E-state index contributed by atoms with van der Waals surface area (Å²) in [6, 6.07) is 5.81. The Balaban J connectivity index is 2.01. The zero-order valence-corrected chi connectivity index (χ0v) is 12.1. The van der Waals surface area contributed by atoms with Crippen LogP contribution in [0.3, 0.4) is 0 Å². The van der Waals surface area contributed by atoms with Crippen LogP contribution in [0.2, 0.25) is 0 Å². The Labute approximate surface area is 113 Å². The lowest BCUT2D eigenvalue weighted by Gasteiger charge is -2.36. The van der Waals surface area contributed by atoms with Crippen molar-refractivity contribution < 1.29 is 13.2 Å². The van der Waals surface area contributed by atoms with E-state index in [0.717, 1.165) is 23.1 Å². The second-order valence-electron chi connectivity index (χ2n) is 5.03. The number of aryl methyl sites for hydroxylation is 2. The molecule has 6 heteroatoms. The summed E-state index contributed by atoms with van der Waals surface area (Å²) in [5.74, 6) is -0.369. The molecule has 1 aliphatic rings. The summed E-state index contributed by atoms with van der Waals surface area (Å²) in [7, 11) is -3.17. The van der Waals surface area contributed by atoms with Crippen LogP contribution in [-0.4, -0.2) is 38.0 Å². The van der Waals surface area contributed by atoms with Crippen molar-refractivity contribution in [1.82, 2.24) is 4.31 Å². The molecule has 19 heavy (non-hydrogen) atoms. The number of anilines is 1. The highest BCUT2D eigenvalue weighted by atomic mass is 32.2. The molecule has 0 spiro atoms. The Morgan fingerprint density at radius 1 is 1.26 bits per heavy atom. The summed E-state index contributed by atoms with van der Waals surface area (Å²) in [6.45, 7) is 4.42. The summed E-state index contributed by atoms with van der Waals surface area (Å²) < 4.78 is 23.8. The summed E-state index contributed by atoms with van der Waals surface area (Å²) >= 11 is 0. The van der Waals surface area contributed by atoms with Gasteiger partial charge < -0.3 is 5.32 Å². The average molecular weight is 282 g/mol. The largest absolute Gasteiger partial charge is 0.325 e. The van der Waals surface area contributed by atoms with E-state index in [2.05, 4.69) is 5.32 Å². The van der Waals surface area contributed by atoms with Gasteiger partial charge in [-0.2, -0.15) is 0 Å². The second kappa shape index (κ2) is 4.94. The zero-order valence-electron chi connectivity index (χ0n) is 11.3. The minimum Gasteiger partial charge on any atom is -0.325 e. The molecule has 2 rings (SSSR count). The fourth-order valence-corrected chi connectivity index (χ4v) is 3.01. The number of benzene rings is 1. The first-order valence-corrected chi connectivity index (χ1v) is 7.96. The predicted octanol–water partition coefficient (Wildman–Crippen LogP) is 1.13. The van der Waals surface area contributed by atoms with Crippen LogP contribution in [0.4, 0.5) is 5.69 Å². The van der Waals surface area contributed by atoms with Crippen LogP contribution in [0.25, 0.3) is 0 Å². The van der Waals surface area contributed by atoms with Crippen LogP contribution in [-0.2, 0) is 14.8 Å². The van der Waals surface area contributed by atoms with E-state index in [1.807, 2.05) is 32.0 Å². The van der Waals surface area contributed by atoms with Gasteiger partial charge in [0.1, 0.15) is 0 Å². The van der Waals surface area contributed by atoms with Crippen molar-refractivity contribution >= 4 is 21.6 Å². The first kappa shape index (κ1) is 14.0. The van der Waals surface area contributed by atoms with Gasteiger partial charge in [0, 0.05) is 18.8 Å². The van der Waals surface area contributed by atoms with Crippen LogP contribution < -0.4 is 5.32 Å². The lowest BCUT2D eigenvalue weighted by Crippen LogP contribution is -2.53. The fraction of sp³-hybridized carbons (Fsp3) is 0.462. The summed E-state index contributed by atoms with van der Waals surface area (Å²) in [5.41, 5.74) is 2.84. The Bertz CT molecular complexity index is 584. The van der Waals surface area contributed by atoms with Gasteiger partial charge in [0.15, 0.2) is 0 Å². The molecule has 104 valence electrons. The molecule has 0 aliphatic carbocycles. The number of sulfonamides is 1. The van der Waals surface area contributed by atoms with Crippen LogP contribution >= 0.6 is 0 Å². The SMILES string of the molecule is Cc1cccc(C)c1NC(=O)C1CN(S(C)(=O)=O)C1. The third kappa shape index (κ3) is 2.96. The first-order chi connectivity index (χ1) is 8.79. The van der Waals surface area contributed by atoms with Crippen LogP contribution in [0, 0.1) is 19.8 Å². The van der Waals surface area contributed by atoms with Gasteiger partial charge >= 0.3 is 0 Å². The van der Waals surface area contributed by atoms with Crippen molar-refractivity contribution in [3.8, 4) is 0 Å². The molecular formula is C13H18N2O3S. The van der Waals surface area contributed by atoms with E-state index in [1.165, 1.54) is 4.31 Å². The molecule has 0 bridgehead atoms. The monoisotopic (exact) mass is 282 g/mol. The van der Waals surface area contributed by atoms with Gasteiger partial charge in [-0.05, 0) is 25.0 Å². The van der Waals surface area contributed by atoms with Gasteiger partial charge in [-0.25, -0.2) is 12.7 Å². The summed E-state index contributed by atoms with van der Waals surface area (Å²) in [4.78, 5) is 12.0. The van der Waals surface area contributed by atoms with E-state index in [0.29, 0.717) is 0 Å². The zero-order chi connectivity index (χ0) is 14.2. The van der Waals surface area contributed by atoms with Crippen LogP contribution in [0.15, 0.2) is 18.2 Å². The maximum Gasteiger partial charge on any atom is 0.230 e. The molecule has 0 radical (unpaired) electrons. The highest BCUT2D eigenvalue weighted by Gasteiger charge is 2.37. The third-order valence-corrected chi connectivity index (χ3v) is 4.65. The molecule has 1 aromatic rings. The number of amides is 1. The molecule has 1 aromatic carbocycles. The quantitative estimate of drug-likeness (QED) is 0.904. The summed E-state index contributed by atoms with van der Waals surface area (Å²) in [5, 5.41) is 2.89. The van der Waals surface area contributed by atoms with Crippen LogP contribution in [0.1, 0.15) is 11.1 Å². The molecule has 0 unspecified atom stereocenters. The normalized spacial score (nSPS) is 17.0. The number of hydrogen-bond donors (Lipinski definition) is 1. The van der Waals surface area contributed by atoms with E-state index < -0.39 is 10.0 Å². The van der Waals surface area contributed by atoms with Gasteiger partial charge in [0.2, 0.25) is 15.9 Å². The van der Waals surface area contributed by atoms with Crippen molar-refractivity contribution in [1.29, 1.82) is 0 Å². The number of carbonyl (C=O) groups excluding carboxylic acids is 1. The van der Waals surface area contributed by atoms with Gasteiger partial charge in [-0.1, -0.05) is 18.2 Å². The minimum atomic E-state index is -3.17. The lowest BCUT2D eigenvalue weighted by molar-refractivity contribution is -0.122. The molecule has 1 fully saturated rings. The predicted molar refractivity (Wildman–Crippen MR) is 74.5 cm³/mol. The van der Waals surface area contributed by atoms with Gasteiger partial charge in [0.05, 0.1) is 12.2 Å². The molecule has 0 saturated carbocycles. The molecule has 1 heterocycles. The Morgan fingerprint density at radius 3 is 2.26 bits per heavy atom. The second-order valence-corrected chi connectivity index (χ2v) is 7.02. The molecule has 0 aromatic heterocycles. The maximum atomic E-state index is 12.0. The molecule has 1 N–H and O–H groups in total. The van der Waals surface area contributed by atoms with Gasteiger partial charge in [0.25, 0.3) is 0 Å². The molecule has 0 atom stereocenters. The van der Waals surface area contributed by atoms with E-state index >= 15 is 0 Å². The van der Waals surface area contributed by atoms with E-state index in [9.17, 15) is 13.2 Å². The Morgan fingerprint density at radius 2 is 1.79 bits per heavy atom. The summed E-state index contributed by atoms with van der Waals surface area (Å²) in [6.07, 6.45) is 1.16. The number of rotatable bonds is 3. The van der Waals surface area contributed by atoms with Gasteiger partial charge in [-0.3, -0.25) is 4.79 Å². The number of hydrogen-bond acceptors (Lipinski definition) is 3. The highest BCUT2D eigenvalue weighted by Crippen LogP contribution is 2.24. The number of para-hydroxylation sites is 1. The lowest BCUT2D eigenvalue weighted by atomic mass is 10.0. The van der Waals surface area contributed by atoms with Crippen molar-refractivity contribution in [3.63, 3.8) is 0 Å². The number of carbonyl (C=O) groups is 1. The molecule has 1 aliphatic heterocycles. The fourth-order valence-electron chi connectivity index (χ4n) is 2.11. The van der Waals surface area contributed by atoms with Gasteiger partial charge in [-0.15, -0.1) is 0 Å². The molecule has 1 saturated heterocycles. The Kier molecular flexibility index (Phi) is 3.64. The van der Waals surface area contributed by atoms with E-state index in [1.54, 1.807) is 0 Å². The number of nitrogens with zero attached hydrogens (tertiary/aromatic N) is 1. The van der Waals surface area contributed by atoms with E-state index in [4.69, 9.17) is 0 Å². The molecular weight excluding hydrogens is 264 g/mol. The molecule has 5 nitrogen and oxygen atoms in total. The highest BCUT2D eigenvalue weighted by molar-refractivity contribution is 7.88. The first-order valence-electron chi connectivity index (χ1n) is 6.11. The van der Waals surface area contributed by atoms with Crippen molar-refractivity contribution in [2.75, 3.05) is 24.7 Å². The average Bonchev–Trinajstić information content (AvgIpc) is 2.19. The topological polar surface area (TPSA) is 66.5 Å². The smallest absolute Gasteiger partial charge is 0.230 e. The van der Waals surface area contributed by atoms with E-state index in [-0.39, 0.29) is 24.9 Å². The maximum absolute atomic E-state index is 12.0. The standard InChI is InChI=1S/C13H18N2O3S/c1-9-5-4-6-10(2)12(9)14-13(16)11-7-15(8-11)19(3,17)18/h4-6,11H,7-8H2,1-3H3,(H,14,16). The molecule has 1 amide bonds. The Hall–Kier alpha value is -1.40. The van der Waals surface area contributed by atoms with Crippen molar-refractivity contribution in [3.05, 3.63) is 29.3 Å². The minimum absolute atomic E-state index is 0.114. The third-order valence-electron chi connectivity index (χ3n) is 3.42. The van der Waals surface area contributed by atoms with Crippen molar-refractivity contribution in [2.45, 2.75) is 13.8 Å². The number of nitrogens with one attached hydrogen (secondary N) is 1. The van der Waals surface area contributed by atoms with Crippen molar-refractivity contribution in [2.24, 2.45) is 5.92 Å².